The lowest BCUT2D eigenvalue weighted by Crippen LogP contribution is -2.37. The Morgan fingerprint density at radius 2 is 2.03 bits per heavy atom. The van der Waals surface area contributed by atoms with Crippen LogP contribution in [0.15, 0.2) is 58.5 Å². The molecule has 178 valence electrons. The highest BCUT2D eigenvalue weighted by Gasteiger charge is 2.23. The van der Waals surface area contributed by atoms with Gasteiger partial charge in [-0.1, -0.05) is 36.7 Å². The zero-order valence-electron chi connectivity index (χ0n) is 19.0. The average molecular weight is 481 g/mol. The fourth-order valence-corrected chi connectivity index (χ4v) is 4.53. The summed E-state index contributed by atoms with van der Waals surface area (Å²) < 4.78 is 1.40. The fourth-order valence-electron chi connectivity index (χ4n) is 4.21. The summed E-state index contributed by atoms with van der Waals surface area (Å²) in [5, 5.41) is 14.2. The normalized spacial score (nSPS) is 17.9. The summed E-state index contributed by atoms with van der Waals surface area (Å²) in [6.45, 7) is 1.74. The maximum atomic E-state index is 13.5. The molecule has 1 saturated carbocycles. The second-order valence-electron chi connectivity index (χ2n) is 8.92. The van der Waals surface area contributed by atoms with Crippen molar-refractivity contribution in [2.75, 3.05) is 11.1 Å². The molecule has 2 aromatic rings. The fraction of sp³-hybridized carbons (Fsp3) is 0.320. The molecule has 34 heavy (non-hydrogen) atoms. The Bertz CT molecular complexity index is 1260. The van der Waals surface area contributed by atoms with Crippen molar-refractivity contribution < 1.29 is 4.79 Å². The van der Waals surface area contributed by atoms with E-state index in [4.69, 9.17) is 28.5 Å². The average Bonchev–Trinajstić information content (AvgIpc) is 2.75. The first kappa shape index (κ1) is 23.6. The molecule has 1 heterocycles. The van der Waals surface area contributed by atoms with E-state index in [2.05, 4.69) is 10.6 Å². The molecule has 7 N–H and O–H groups in total. The lowest BCUT2D eigenvalue weighted by atomic mass is 9.92. The molecular weight excluding hydrogens is 452 g/mol. The van der Waals surface area contributed by atoms with Crippen LogP contribution in [0.4, 0.5) is 11.4 Å². The van der Waals surface area contributed by atoms with Gasteiger partial charge in [0, 0.05) is 28.9 Å². The zero-order chi connectivity index (χ0) is 24.4. The smallest absolute Gasteiger partial charge is 0.274 e. The number of nitrogens with two attached hydrogens (primary N) is 2. The molecule has 0 radical (unpaired) electrons. The van der Waals surface area contributed by atoms with Crippen LogP contribution in [0.1, 0.15) is 32.6 Å². The van der Waals surface area contributed by atoms with E-state index in [0.29, 0.717) is 39.8 Å². The SMILES string of the molecule is CC1CC(C(=N)N)=CC=C1NC(=O)Cn1c(-c2cccc(N)c2)c(Cl)cc(NC2CCC2)c1=O. The first-order valence-electron chi connectivity index (χ1n) is 11.3. The molecule has 1 aromatic carbocycles. The second kappa shape index (κ2) is 9.77. The summed E-state index contributed by atoms with van der Waals surface area (Å²) in [7, 11) is 0. The third-order valence-electron chi connectivity index (χ3n) is 6.32. The number of nitrogen functional groups attached to an aromatic ring is 1. The van der Waals surface area contributed by atoms with E-state index in [0.717, 1.165) is 24.8 Å². The molecule has 9 heteroatoms. The van der Waals surface area contributed by atoms with E-state index in [1.165, 1.54) is 4.57 Å². The van der Waals surface area contributed by atoms with Crippen LogP contribution >= 0.6 is 11.6 Å². The van der Waals surface area contributed by atoms with Crippen LogP contribution in [0.2, 0.25) is 5.02 Å². The Hall–Kier alpha value is -3.52. The topological polar surface area (TPSA) is 139 Å². The summed E-state index contributed by atoms with van der Waals surface area (Å²) >= 11 is 6.66. The first-order chi connectivity index (χ1) is 16.2. The molecule has 1 amide bonds. The molecule has 1 aromatic heterocycles. The quantitative estimate of drug-likeness (QED) is 0.234. The second-order valence-corrected chi connectivity index (χ2v) is 9.33. The van der Waals surface area contributed by atoms with Gasteiger partial charge in [0.15, 0.2) is 0 Å². The van der Waals surface area contributed by atoms with Gasteiger partial charge in [0.1, 0.15) is 18.1 Å². The van der Waals surface area contributed by atoms with Gasteiger partial charge in [-0.25, -0.2) is 0 Å². The minimum Gasteiger partial charge on any atom is -0.399 e. The van der Waals surface area contributed by atoms with Crippen molar-refractivity contribution in [3.8, 4) is 11.3 Å². The lowest BCUT2D eigenvalue weighted by molar-refractivity contribution is -0.121. The maximum absolute atomic E-state index is 13.5. The van der Waals surface area contributed by atoms with Gasteiger partial charge in [0.25, 0.3) is 5.56 Å². The Balaban J connectivity index is 1.68. The van der Waals surface area contributed by atoms with Crippen LogP contribution in [-0.4, -0.2) is 22.4 Å². The summed E-state index contributed by atoms with van der Waals surface area (Å²) in [4.78, 5) is 26.5. The molecule has 2 aliphatic rings. The number of amidine groups is 1. The highest BCUT2D eigenvalue weighted by molar-refractivity contribution is 6.33. The van der Waals surface area contributed by atoms with Gasteiger partial charge >= 0.3 is 0 Å². The third kappa shape index (κ3) is 5.02. The van der Waals surface area contributed by atoms with Gasteiger partial charge in [0.05, 0.1) is 10.7 Å². The van der Waals surface area contributed by atoms with Crippen LogP contribution in [0.5, 0.6) is 0 Å². The molecule has 8 nitrogen and oxygen atoms in total. The van der Waals surface area contributed by atoms with Crippen LogP contribution in [0.25, 0.3) is 11.3 Å². The number of hydrogen-bond donors (Lipinski definition) is 5. The molecule has 0 spiro atoms. The zero-order valence-corrected chi connectivity index (χ0v) is 19.8. The van der Waals surface area contributed by atoms with Crippen LogP contribution in [0, 0.1) is 11.3 Å². The van der Waals surface area contributed by atoms with Crippen molar-refractivity contribution in [2.24, 2.45) is 11.7 Å². The number of nitrogens with zero attached hydrogens (tertiary/aromatic N) is 1. The Kier molecular flexibility index (Phi) is 6.79. The Labute approximate surface area is 203 Å². The number of allylic oxidation sites excluding steroid dienone is 3. The van der Waals surface area contributed by atoms with Crippen molar-refractivity contribution in [1.29, 1.82) is 5.41 Å². The lowest BCUT2D eigenvalue weighted by Gasteiger charge is -2.28. The number of anilines is 2. The van der Waals surface area contributed by atoms with Gasteiger partial charge in [0.2, 0.25) is 5.91 Å². The van der Waals surface area contributed by atoms with Crippen molar-refractivity contribution in [1.82, 2.24) is 9.88 Å². The number of benzene rings is 1. The van der Waals surface area contributed by atoms with Crippen molar-refractivity contribution in [3.05, 3.63) is 69.1 Å². The van der Waals surface area contributed by atoms with E-state index in [-0.39, 0.29) is 35.8 Å². The highest BCUT2D eigenvalue weighted by atomic mass is 35.5. The number of pyridine rings is 1. The predicted octanol–water partition coefficient (Wildman–Crippen LogP) is 3.62. The molecule has 1 atom stereocenters. The van der Waals surface area contributed by atoms with E-state index in [9.17, 15) is 9.59 Å². The van der Waals surface area contributed by atoms with E-state index < -0.39 is 0 Å². The number of carbonyl (C=O) groups is 1. The van der Waals surface area contributed by atoms with E-state index >= 15 is 0 Å². The van der Waals surface area contributed by atoms with Crippen LogP contribution in [-0.2, 0) is 11.3 Å². The standard InChI is InChI=1S/C25H29ClN6O2/c1-14-10-16(24(28)29)8-9-20(14)31-22(33)13-32-23(15-4-2-5-17(27)11-15)19(26)12-21(25(32)34)30-18-6-3-7-18/h2,4-5,8-9,11-12,14,18,30H,3,6-7,10,13,27H2,1H3,(H3,28,29)(H,31,33). The van der Waals surface area contributed by atoms with Gasteiger partial charge in [-0.3, -0.25) is 19.6 Å². The first-order valence-corrected chi connectivity index (χ1v) is 11.7. The largest absolute Gasteiger partial charge is 0.399 e. The molecule has 0 aliphatic heterocycles. The Morgan fingerprint density at radius 1 is 1.26 bits per heavy atom. The van der Waals surface area contributed by atoms with Gasteiger partial charge in [-0.2, -0.15) is 0 Å². The summed E-state index contributed by atoms with van der Waals surface area (Å²) in [5.74, 6) is -0.340. The van der Waals surface area contributed by atoms with Crippen molar-refractivity contribution in [3.63, 3.8) is 0 Å². The molecular formula is C25H29ClN6O2. The third-order valence-corrected chi connectivity index (χ3v) is 6.61. The number of amides is 1. The molecule has 0 saturated heterocycles. The molecule has 4 rings (SSSR count). The number of rotatable bonds is 7. The number of hydrogen-bond acceptors (Lipinski definition) is 5. The summed E-state index contributed by atoms with van der Waals surface area (Å²) in [5.41, 5.74) is 14.7. The maximum Gasteiger partial charge on any atom is 0.274 e. The minimum atomic E-state index is -0.345. The van der Waals surface area contributed by atoms with Crippen LogP contribution in [0.3, 0.4) is 0 Å². The monoisotopic (exact) mass is 480 g/mol. The van der Waals surface area contributed by atoms with Crippen molar-refractivity contribution >= 4 is 34.7 Å². The van der Waals surface area contributed by atoms with E-state index in [1.54, 1.807) is 36.4 Å². The van der Waals surface area contributed by atoms with Gasteiger partial charge in [-0.15, -0.1) is 0 Å². The minimum absolute atomic E-state index is 0.0202. The summed E-state index contributed by atoms with van der Waals surface area (Å²) in [6, 6.07) is 8.94. The highest BCUT2D eigenvalue weighted by Crippen LogP contribution is 2.31. The van der Waals surface area contributed by atoms with E-state index in [1.807, 2.05) is 13.0 Å². The molecule has 2 aliphatic carbocycles. The predicted molar refractivity (Wildman–Crippen MR) is 137 cm³/mol. The number of halogens is 1. The number of aromatic nitrogens is 1. The number of carbonyl (C=O) groups excluding carboxylic acids is 1. The molecule has 1 unspecified atom stereocenters. The summed E-state index contributed by atoms with van der Waals surface area (Å²) in [6.07, 6.45) is 7.17. The van der Waals surface area contributed by atoms with Gasteiger partial charge < -0.3 is 22.1 Å². The molecule has 1 fully saturated rings. The molecule has 0 bridgehead atoms. The number of nitrogens with one attached hydrogen (secondary N) is 3. The van der Waals surface area contributed by atoms with Gasteiger partial charge in [-0.05, 0) is 55.5 Å². The van der Waals surface area contributed by atoms with Crippen molar-refractivity contribution in [2.45, 2.75) is 45.2 Å². The van der Waals surface area contributed by atoms with Crippen LogP contribution < -0.4 is 27.7 Å². The Morgan fingerprint density at radius 3 is 2.65 bits per heavy atom.